The fourth-order valence-corrected chi connectivity index (χ4v) is 3.92. The number of amides is 3. The van der Waals surface area contributed by atoms with Crippen LogP contribution in [0.3, 0.4) is 0 Å². The van der Waals surface area contributed by atoms with Gasteiger partial charge in [0.05, 0.1) is 0 Å². The maximum absolute atomic E-state index is 12.9. The van der Waals surface area contributed by atoms with Crippen LogP contribution in [0.4, 0.5) is 5.69 Å². The monoisotopic (exact) mass is 485 g/mol. The highest BCUT2D eigenvalue weighted by molar-refractivity contribution is 9.10. The van der Waals surface area contributed by atoms with E-state index < -0.39 is 6.04 Å². The number of hydrogen-bond donors (Lipinski definition) is 2. The smallest absolute Gasteiger partial charge is 0.243 e. The number of halogens is 1. The molecule has 0 saturated heterocycles. The molecule has 3 amide bonds. The minimum absolute atomic E-state index is 0.0161. The van der Waals surface area contributed by atoms with Gasteiger partial charge in [0.25, 0.3) is 0 Å². The first-order valence-electron chi connectivity index (χ1n) is 10.5. The van der Waals surface area contributed by atoms with E-state index in [0.717, 1.165) is 15.6 Å². The highest BCUT2D eigenvalue weighted by Crippen LogP contribution is 2.25. The lowest BCUT2D eigenvalue weighted by atomic mass is 9.92. The second kappa shape index (κ2) is 10.6. The van der Waals surface area contributed by atoms with Gasteiger partial charge in [-0.25, -0.2) is 0 Å². The molecule has 164 valence electrons. The largest absolute Gasteiger partial charge is 0.354 e. The van der Waals surface area contributed by atoms with Gasteiger partial charge in [0.1, 0.15) is 6.04 Å². The highest BCUT2D eigenvalue weighted by Gasteiger charge is 2.34. The van der Waals surface area contributed by atoms with Crippen LogP contribution in [0.2, 0.25) is 0 Å². The van der Waals surface area contributed by atoms with E-state index in [1.54, 1.807) is 17.0 Å². The predicted molar refractivity (Wildman–Crippen MR) is 124 cm³/mol. The van der Waals surface area contributed by atoms with Crippen LogP contribution < -0.4 is 10.6 Å². The second-order valence-electron chi connectivity index (χ2n) is 8.20. The number of nitrogens with zero attached hydrogens (tertiary/aromatic N) is 1. The van der Waals surface area contributed by atoms with Crippen molar-refractivity contribution in [1.29, 1.82) is 0 Å². The predicted octanol–water partition coefficient (Wildman–Crippen LogP) is 3.89. The third kappa shape index (κ3) is 6.40. The zero-order valence-corrected chi connectivity index (χ0v) is 19.4. The van der Waals surface area contributed by atoms with Gasteiger partial charge < -0.3 is 15.5 Å². The summed E-state index contributed by atoms with van der Waals surface area (Å²) in [4.78, 5) is 39.6. The molecule has 1 heterocycles. The first-order valence-corrected chi connectivity index (χ1v) is 11.3. The Kier molecular flexibility index (Phi) is 7.85. The van der Waals surface area contributed by atoms with Gasteiger partial charge in [-0.15, -0.1) is 0 Å². The van der Waals surface area contributed by atoms with Crippen molar-refractivity contribution in [2.75, 3.05) is 11.9 Å². The molecule has 31 heavy (non-hydrogen) atoms. The first-order chi connectivity index (χ1) is 14.8. The van der Waals surface area contributed by atoms with Crippen molar-refractivity contribution in [2.24, 2.45) is 5.92 Å². The van der Waals surface area contributed by atoms with Gasteiger partial charge in [-0.05, 0) is 41.3 Å². The molecular formula is C24H28BrN3O3. The Balaban J connectivity index is 1.59. The molecule has 1 aliphatic rings. The summed E-state index contributed by atoms with van der Waals surface area (Å²) in [5.74, 6) is -0.194. The summed E-state index contributed by atoms with van der Waals surface area (Å²) in [6.07, 6.45) is 1.05. The zero-order valence-electron chi connectivity index (χ0n) is 17.9. The molecule has 0 spiro atoms. The lowest BCUT2D eigenvalue weighted by molar-refractivity contribution is -0.142. The molecular weight excluding hydrogens is 458 g/mol. The van der Waals surface area contributed by atoms with Gasteiger partial charge in [-0.2, -0.15) is 0 Å². The van der Waals surface area contributed by atoms with E-state index in [0.29, 0.717) is 25.1 Å². The first kappa shape index (κ1) is 23.0. The Morgan fingerprint density at radius 1 is 1.06 bits per heavy atom. The number of hydrogen-bond acceptors (Lipinski definition) is 3. The van der Waals surface area contributed by atoms with Crippen LogP contribution in [-0.2, 0) is 27.3 Å². The van der Waals surface area contributed by atoms with Crippen molar-refractivity contribution >= 4 is 39.3 Å². The molecule has 0 fully saturated rings. The molecule has 0 saturated carbocycles. The number of fused-ring (bicyclic) bond motifs is 1. The Hall–Kier alpha value is -2.67. The van der Waals surface area contributed by atoms with Crippen molar-refractivity contribution in [3.8, 4) is 0 Å². The average molecular weight is 486 g/mol. The molecule has 3 rings (SSSR count). The van der Waals surface area contributed by atoms with E-state index >= 15 is 0 Å². The van der Waals surface area contributed by atoms with Crippen LogP contribution in [-0.4, -0.2) is 35.2 Å². The summed E-state index contributed by atoms with van der Waals surface area (Å²) >= 11 is 3.36. The van der Waals surface area contributed by atoms with Crippen LogP contribution in [0.15, 0.2) is 53.0 Å². The van der Waals surface area contributed by atoms with Crippen LogP contribution in [0.1, 0.15) is 37.8 Å². The average Bonchev–Trinajstić information content (AvgIpc) is 2.74. The summed E-state index contributed by atoms with van der Waals surface area (Å²) < 4.78 is 0.934. The van der Waals surface area contributed by atoms with Gasteiger partial charge >= 0.3 is 0 Å². The quantitative estimate of drug-likeness (QED) is 0.624. The summed E-state index contributed by atoms with van der Waals surface area (Å²) in [5.41, 5.74) is 2.87. The molecule has 2 aromatic carbocycles. The molecule has 6 nitrogen and oxygen atoms in total. The van der Waals surface area contributed by atoms with Gasteiger partial charge in [-0.1, -0.05) is 54.0 Å². The molecule has 2 N–H and O–H groups in total. The van der Waals surface area contributed by atoms with Crippen LogP contribution in [0.25, 0.3) is 0 Å². The summed E-state index contributed by atoms with van der Waals surface area (Å²) in [6.45, 7) is 4.64. The number of carbonyl (C=O) groups is 3. The normalized spacial score (nSPS) is 15.4. The molecule has 1 unspecified atom stereocenters. The summed E-state index contributed by atoms with van der Waals surface area (Å²) in [5, 5.41) is 5.65. The molecule has 0 aliphatic carbocycles. The Labute approximate surface area is 191 Å². The molecule has 7 heteroatoms. The van der Waals surface area contributed by atoms with Crippen LogP contribution >= 0.6 is 15.9 Å². The molecule has 1 aliphatic heterocycles. The van der Waals surface area contributed by atoms with Gasteiger partial charge in [0.15, 0.2) is 0 Å². The molecule has 0 bridgehead atoms. The SMILES string of the molecule is CC(C)CC(=O)N1Cc2ccccc2CC1C(=O)NCCC(=O)Nc1ccc(Br)cc1. The second-order valence-corrected chi connectivity index (χ2v) is 9.12. The number of anilines is 1. The maximum atomic E-state index is 12.9. The summed E-state index contributed by atoms with van der Waals surface area (Å²) in [7, 11) is 0. The minimum Gasteiger partial charge on any atom is -0.354 e. The lowest BCUT2D eigenvalue weighted by Gasteiger charge is -2.36. The topological polar surface area (TPSA) is 78.5 Å². The van der Waals surface area contributed by atoms with Crippen molar-refractivity contribution in [3.05, 3.63) is 64.1 Å². The third-order valence-electron chi connectivity index (χ3n) is 5.23. The standard InChI is InChI=1S/C24H28BrN3O3/c1-16(2)13-23(30)28-15-18-6-4-3-5-17(18)14-21(28)24(31)26-12-11-22(29)27-20-9-7-19(25)8-10-20/h3-10,16,21H,11-15H2,1-2H3,(H,26,31)(H,27,29). The molecule has 0 radical (unpaired) electrons. The van der Waals surface area contributed by atoms with Gasteiger partial charge in [0.2, 0.25) is 17.7 Å². The van der Waals surface area contributed by atoms with E-state index in [1.807, 2.05) is 50.2 Å². The summed E-state index contributed by atoms with van der Waals surface area (Å²) in [6, 6.07) is 14.7. The minimum atomic E-state index is -0.560. The maximum Gasteiger partial charge on any atom is 0.243 e. The van der Waals surface area contributed by atoms with E-state index in [9.17, 15) is 14.4 Å². The van der Waals surface area contributed by atoms with Crippen LogP contribution in [0.5, 0.6) is 0 Å². The number of carbonyl (C=O) groups excluding carboxylic acids is 3. The Morgan fingerprint density at radius 3 is 2.42 bits per heavy atom. The fourth-order valence-electron chi connectivity index (χ4n) is 3.66. The van der Waals surface area contributed by atoms with Crippen molar-refractivity contribution in [2.45, 2.75) is 45.7 Å². The lowest BCUT2D eigenvalue weighted by Crippen LogP contribution is -2.53. The fraction of sp³-hybridized carbons (Fsp3) is 0.375. The zero-order chi connectivity index (χ0) is 22.4. The van der Waals surface area contributed by atoms with Crippen molar-refractivity contribution in [1.82, 2.24) is 10.2 Å². The van der Waals surface area contributed by atoms with E-state index in [1.165, 1.54) is 0 Å². The third-order valence-corrected chi connectivity index (χ3v) is 5.76. The molecule has 2 aromatic rings. The Morgan fingerprint density at radius 2 is 1.74 bits per heavy atom. The highest BCUT2D eigenvalue weighted by atomic mass is 79.9. The van der Waals surface area contributed by atoms with Gasteiger partial charge in [-0.3, -0.25) is 14.4 Å². The number of benzene rings is 2. The van der Waals surface area contributed by atoms with E-state index in [-0.39, 0.29) is 36.6 Å². The number of nitrogens with one attached hydrogen (secondary N) is 2. The molecule has 1 atom stereocenters. The van der Waals surface area contributed by atoms with E-state index in [4.69, 9.17) is 0 Å². The van der Waals surface area contributed by atoms with E-state index in [2.05, 4.69) is 26.6 Å². The van der Waals surface area contributed by atoms with Crippen molar-refractivity contribution in [3.63, 3.8) is 0 Å². The van der Waals surface area contributed by atoms with Crippen LogP contribution in [0, 0.1) is 5.92 Å². The molecule has 0 aromatic heterocycles. The Bertz CT molecular complexity index is 943. The number of rotatable bonds is 7. The van der Waals surface area contributed by atoms with Gasteiger partial charge in [0, 0.05) is 42.5 Å². The van der Waals surface area contributed by atoms with Crippen molar-refractivity contribution < 1.29 is 14.4 Å².